The maximum absolute atomic E-state index is 13.5. The number of nitriles is 1. The second kappa shape index (κ2) is 6.31. The predicted octanol–water partition coefficient (Wildman–Crippen LogP) is 2.47. The van der Waals surface area contributed by atoms with Crippen LogP contribution in [0, 0.1) is 17.1 Å². The fourth-order valence-electron chi connectivity index (χ4n) is 2.37. The molecule has 114 valence electrons. The Morgan fingerprint density at radius 1 is 1.55 bits per heavy atom. The van der Waals surface area contributed by atoms with Gasteiger partial charge in [0.2, 0.25) is 5.88 Å². The Labute approximate surface area is 127 Å². The Balaban J connectivity index is 2.62. The van der Waals surface area contributed by atoms with Crippen molar-refractivity contribution in [3.05, 3.63) is 58.4 Å². The first kappa shape index (κ1) is 15.6. The van der Waals surface area contributed by atoms with Gasteiger partial charge in [0.25, 0.3) is 0 Å². The molecule has 0 radical (unpaired) electrons. The third kappa shape index (κ3) is 2.79. The van der Waals surface area contributed by atoms with E-state index in [1.165, 1.54) is 18.2 Å². The van der Waals surface area contributed by atoms with Crippen LogP contribution in [-0.2, 0) is 14.3 Å². The normalized spacial score (nSPS) is 17.8. The molecule has 0 spiro atoms. The van der Waals surface area contributed by atoms with Gasteiger partial charge in [-0.1, -0.05) is 12.1 Å². The summed E-state index contributed by atoms with van der Waals surface area (Å²) < 4.78 is 23.8. The van der Waals surface area contributed by atoms with Crippen LogP contribution >= 0.6 is 0 Å². The van der Waals surface area contributed by atoms with Crippen LogP contribution in [0.4, 0.5) is 4.39 Å². The number of carbonyl (C=O) groups is 1. The summed E-state index contributed by atoms with van der Waals surface area (Å²) >= 11 is 0. The molecule has 6 heteroatoms. The number of rotatable bonds is 3. The summed E-state index contributed by atoms with van der Waals surface area (Å²) in [6.07, 6.45) is 0. The van der Waals surface area contributed by atoms with Gasteiger partial charge in [-0.2, -0.15) is 5.26 Å². The maximum atomic E-state index is 13.5. The van der Waals surface area contributed by atoms with E-state index in [0.717, 1.165) is 0 Å². The summed E-state index contributed by atoms with van der Waals surface area (Å²) in [5, 5.41) is 9.34. The minimum absolute atomic E-state index is 0.0549. The predicted molar refractivity (Wildman–Crippen MR) is 76.4 cm³/mol. The van der Waals surface area contributed by atoms with Crippen LogP contribution in [0.2, 0.25) is 0 Å². The Bertz CT molecular complexity index is 716. The molecule has 0 aliphatic carbocycles. The number of hydrogen-bond donors (Lipinski definition) is 1. The molecule has 0 unspecified atom stereocenters. The van der Waals surface area contributed by atoms with Gasteiger partial charge in [-0.3, -0.25) is 0 Å². The summed E-state index contributed by atoms with van der Waals surface area (Å²) in [6.45, 7) is 3.40. The van der Waals surface area contributed by atoms with Crippen molar-refractivity contribution >= 4 is 5.97 Å². The molecule has 2 rings (SSSR count). The van der Waals surface area contributed by atoms with Crippen molar-refractivity contribution in [2.24, 2.45) is 5.73 Å². The standard InChI is InChI=1S/C16H15FN2O3/c1-3-21-16(20)13-9(2)22-15(19)12(8-18)14(13)10-5-4-6-11(17)7-10/h4-7,14H,3,19H2,1-2H3/t14-/m1/s1. The zero-order chi connectivity index (χ0) is 16.3. The van der Waals surface area contributed by atoms with Crippen LogP contribution < -0.4 is 5.73 Å². The van der Waals surface area contributed by atoms with Crippen LogP contribution in [0.3, 0.4) is 0 Å². The molecule has 5 nitrogen and oxygen atoms in total. The molecule has 0 amide bonds. The molecular weight excluding hydrogens is 287 g/mol. The number of benzene rings is 1. The Morgan fingerprint density at radius 2 is 2.27 bits per heavy atom. The Hall–Kier alpha value is -2.81. The van der Waals surface area contributed by atoms with Gasteiger partial charge >= 0.3 is 5.97 Å². The van der Waals surface area contributed by atoms with E-state index >= 15 is 0 Å². The first-order chi connectivity index (χ1) is 10.5. The van der Waals surface area contributed by atoms with Crippen LogP contribution in [0.15, 0.2) is 47.1 Å². The van der Waals surface area contributed by atoms with Crippen molar-refractivity contribution in [3.8, 4) is 6.07 Å². The highest BCUT2D eigenvalue weighted by Crippen LogP contribution is 2.39. The van der Waals surface area contributed by atoms with Crippen molar-refractivity contribution in [3.63, 3.8) is 0 Å². The number of halogens is 1. The zero-order valence-electron chi connectivity index (χ0n) is 12.2. The van der Waals surface area contributed by atoms with Gasteiger partial charge in [0.05, 0.1) is 18.1 Å². The van der Waals surface area contributed by atoms with Crippen molar-refractivity contribution in [2.45, 2.75) is 19.8 Å². The van der Waals surface area contributed by atoms with E-state index < -0.39 is 17.7 Å². The van der Waals surface area contributed by atoms with Gasteiger partial charge in [-0.25, -0.2) is 9.18 Å². The summed E-state index contributed by atoms with van der Waals surface area (Å²) in [5.41, 5.74) is 6.38. The summed E-state index contributed by atoms with van der Waals surface area (Å²) in [5.74, 6) is -1.75. The molecule has 22 heavy (non-hydrogen) atoms. The minimum Gasteiger partial charge on any atom is -0.463 e. The molecule has 1 aliphatic heterocycles. The molecule has 2 N–H and O–H groups in total. The molecule has 0 aromatic heterocycles. The van der Waals surface area contributed by atoms with E-state index in [1.807, 2.05) is 6.07 Å². The molecule has 1 atom stereocenters. The number of esters is 1. The number of nitrogens with zero attached hydrogens (tertiary/aromatic N) is 1. The van der Waals surface area contributed by atoms with Crippen molar-refractivity contribution < 1.29 is 18.7 Å². The van der Waals surface area contributed by atoms with Crippen molar-refractivity contribution in [2.75, 3.05) is 6.61 Å². The van der Waals surface area contributed by atoms with E-state index in [2.05, 4.69) is 0 Å². The number of carbonyl (C=O) groups excluding carboxylic acids is 1. The van der Waals surface area contributed by atoms with Crippen LogP contribution in [0.5, 0.6) is 0 Å². The van der Waals surface area contributed by atoms with Crippen molar-refractivity contribution in [1.29, 1.82) is 5.26 Å². The van der Waals surface area contributed by atoms with Gasteiger partial charge in [0.15, 0.2) is 0 Å². The van der Waals surface area contributed by atoms with E-state index in [1.54, 1.807) is 19.9 Å². The van der Waals surface area contributed by atoms with Gasteiger partial charge in [0.1, 0.15) is 23.2 Å². The van der Waals surface area contributed by atoms with Gasteiger partial charge in [-0.15, -0.1) is 0 Å². The van der Waals surface area contributed by atoms with Gasteiger partial charge in [0, 0.05) is 0 Å². The number of allylic oxidation sites excluding steroid dienone is 2. The maximum Gasteiger partial charge on any atom is 0.338 e. The monoisotopic (exact) mass is 302 g/mol. The Kier molecular flexibility index (Phi) is 4.47. The first-order valence-corrected chi connectivity index (χ1v) is 6.70. The third-order valence-corrected chi connectivity index (χ3v) is 3.28. The van der Waals surface area contributed by atoms with E-state index in [-0.39, 0.29) is 29.4 Å². The van der Waals surface area contributed by atoms with Gasteiger partial charge in [-0.05, 0) is 31.5 Å². The molecule has 1 aliphatic rings. The minimum atomic E-state index is -0.812. The highest BCUT2D eigenvalue weighted by molar-refractivity contribution is 5.92. The lowest BCUT2D eigenvalue weighted by atomic mass is 9.83. The lowest BCUT2D eigenvalue weighted by Gasteiger charge is -2.26. The topological polar surface area (TPSA) is 85.3 Å². The van der Waals surface area contributed by atoms with Gasteiger partial charge < -0.3 is 15.2 Å². The van der Waals surface area contributed by atoms with Crippen LogP contribution in [0.25, 0.3) is 0 Å². The van der Waals surface area contributed by atoms with E-state index in [0.29, 0.717) is 5.56 Å². The average molecular weight is 302 g/mol. The fraction of sp³-hybridized carbons (Fsp3) is 0.250. The first-order valence-electron chi connectivity index (χ1n) is 6.70. The molecule has 1 aromatic carbocycles. The number of ether oxygens (including phenoxy) is 2. The second-order valence-corrected chi connectivity index (χ2v) is 4.67. The van der Waals surface area contributed by atoms with Crippen molar-refractivity contribution in [1.82, 2.24) is 0 Å². The summed E-state index contributed by atoms with van der Waals surface area (Å²) in [7, 11) is 0. The lowest BCUT2D eigenvalue weighted by Crippen LogP contribution is -2.25. The van der Waals surface area contributed by atoms with E-state index in [9.17, 15) is 14.4 Å². The third-order valence-electron chi connectivity index (χ3n) is 3.28. The quantitative estimate of drug-likeness (QED) is 0.867. The average Bonchev–Trinajstić information content (AvgIpc) is 2.46. The molecule has 1 heterocycles. The lowest BCUT2D eigenvalue weighted by molar-refractivity contribution is -0.139. The molecule has 1 aromatic rings. The Morgan fingerprint density at radius 3 is 2.86 bits per heavy atom. The largest absolute Gasteiger partial charge is 0.463 e. The second-order valence-electron chi connectivity index (χ2n) is 4.67. The number of nitrogens with two attached hydrogens (primary N) is 1. The highest BCUT2D eigenvalue weighted by atomic mass is 19.1. The summed E-state index contributed by atoms with van der Waals surface area (Å²) in [6, 6.07) is 7.60. The molecular formula is C16H15FN2O3. The highest BCUT2D eigenvalue weighted by Gasteiger charge is 2.36. The number of hydrogen-bond acceptors (Lipinski definition) is 5. The van der Waals surface area contributed by atoms with E-state index in [4.69, 9.17) is 15.2 Å². The molecule has 0 saturated heterocycles. The fourth-order valence-corrected chi connectivity index (χ4v) is 2.37. The molecule has 0 saturated carbocycles. The van der Waals surface area contributed by atoms with Crippen LogP contribution in [0.1, 0.15) is 25.3 Å². The summed E-state index contributed by atoms with van der Waals surface area (Å²) in [4.78, 5) is 12.2. The zero-order valence-corrected chi connectivity index (χ0v) is 12.2. The molecule has 0 bridgehead atoms. The van der Waals surface area contributed by atoms with Crippen LogP contribution in [-0.4, -0.2) is 12.6 Å². The SMILES string of the molecule is CCOC(=O)C1=C(C)OC(N)=C(C#N)[C@H]1c1cccc(F)c1. The smallest absolute Gasteiger partial charge is 0.338 e. The molecule has 0 fully saturated rings.